The van der Waals surface area contributed by atoms with Gasteiger partial charge in [-0.1, -0.05) is 26.0 Å². The Kier molecular flexibility index (Phi) is 3.96. The lowest BCUT2D eigenvalue weighted by molar-refractivity contribution is 0.356. The second-order valence-corrected chi connectivity index (χ2v) is 7.74. The van der Waals surface area contributed by atoms with Crippen LogP contribution in [-0.2, 0) is 0 Å². The van der Waals surface area contributed by atoms with E-state index in [4.69, 9.17) is 0 Å². The SMILES string of the molecule is C[C@@H]1C[C@H](C)CN(c2ncnc3scc(-c4ccc(F)cc4)c23)C1. The van der Waals surface area contributed by atoms with Crippen molar-refractivity contribution in [1.29, 1.82) is 0 Å². The topological polar surface area (TPSA) is 29.0 Å². The molecule has 2 atom stereocenters. The number of halogens is 1. The van der Waals surface area contributed by atoms with Gasteiger partial charge in [0.1, 0.15) is 22.8 Å². The highest BCUT2D eigenvalue weighted by molar-refractivity contribution is 7.17. The highest BCUT2D eigenvalue weighted by Gasteiger charge is 2.25. The van der Waals surface area contributed by atoms with Crippen LogP contribution in [0.2, 0.25) is 0 Å². The summed E-state index contributed by atoms with van der Waals surface area (Å²) in [4.78, 5) is 12.5. The van der Waals surface area contributed by atoms with Crippen molar-refractivity contribution in [3.63, 3.8) is 0 Å². The van der Waals surface area contributed by atoms with Crippen LogP contribution in [0.25, 0.3) is 21.3 Å². The van der Waals surface area contributed by atoms with Crippen molar-refractivity contribution in [3.05, 3.63) is 41.8 Å². The van der Waals surface area contributed by atoms with E-state index in [1.54, 1.807) is 17.7 Å². The van der Waals surface area contributed by atoms with Crippen LogP contribution in [0.15, 0.2) is 36.0 Å². The first-order valence-corrected chi connectivity index (χ1v) is 9.23. The minimum atomic E-state index is -0.214. The molecule has 0 saturated carbocycles. The molecule has 24 heavy (non-hydrogen) atoms. The molecule has 0 N–H and O–H groups in total. The molecule has 0 amide bonds. The molecule has 3 aromatic rings. The first-order chi connectivity index (χ1) is 11.6. The minimum absolute atomic E-state index is 0.214. The van der Waals surface area contributed by atoms with Crippen molar-refractivity contribution in [2.75, 3.05) is 18.0 Å². The zero-order chi connectivity index (χ0) is 16.7. The van der Waals surface area contributed by atoms with Crippen LogP contribution in [0.1, 0.15) is 20.3 Å². The maximum absolute atomic E-state index is 13.3. The van der Waals surface area contributed by atoms with Gasteiger partial charge in [-0.3, -0.25) is 0 Å². The van der Waals surface area contributed by atoms with E-state index < -0.39 is 0 Å². The molecule has 1 aliphatic rings. The number of fused-ring (bicyclic) bond motifs is 1. The largest absolute Gasteiger partial charge is 0.355 e. The maximum Gasteiger partial charge on any atom is 0.141 e. The van der Waals surface area contributed by atoms with Gasteiger partial charge in [0.05, 0.1) is 5.39 Å². The van der Waals surface area contributed by atoms with E-state index in [0.717, 1.165) is 40.3 Å². The van der Waals surface area contributed by atoms with Gasteiger partial charge >= 0.3 is 0 Å². The highest BCUT2D eigenvalue weighted by atomic mass is 32.1. The van der Waals surface area contributed by atoms with E-state index in [0.29, 0.717) is 11.8 Å². The zero-order valence-corrected chi connectivity index (χ0v) is 14.7. The van der Waals surface area contributed by atoms with E-state index >= 15 is 0 Å². The van der Waals surface area contributed by atoms with Gasteiger partial charge in [-0.15, -0.1) is 11.3 Å². The molecule has 1 fully saturated rings. The second-order valence-electron chi connectivity index (χ2n) is 6.88. The monoisotopic (exact) mass is 341 g/mol. The molecular weight excluding hydrogens is 321 g/mol. The predicted molar refractivity (Wildman–Crippen MR) is 98.0 cm³/mol. The normalized spacial score (nSPS) is 21.4. The summed E-state index contributed by atoms with van der Waals surface area (Å²) in [6.07, 6.45) is 2.92. The van der Waals surface area contributed by atoms with Gasteiger partial charge in [-0.25, -0.2) is 14.4 Å². The van der Waals surface area contributed by atoms with Crippen LogP contribution < -0.4 is 4.90 Å². The number of anilines is 1. The summed E-state index contributed by atoms with van der Waals surface area (Å²) in [7, 11) is 0. The van der Waals surface area contributed by atoms with Crippen molar-refractivity contribution in [1.82, 2.24) is 9.97 Å². The highest BCUT2D eigenvalue weighted by Crippen LogP contribution is 2.39. The van der Waals surface area contributed by atoms with E-state index in [-0.39, 0.29) is 5.82 Å². The van der Waals surface area contributed by atoms with Gasteiger partial charge < -0.3 is 4.90 Å². The fourth-order valence-electron chi connectivity index (χ4n) is 3.78. The summed E-state index contributed by atoms with van der Waals surface area (Å²) >= 11 is 1.62. The fraction of sp³-hybridized carbons (Fsp3) is 0.368. The third kappa shape index (κ3) is 2.77. The second kappa shape index (κ2) is 6.13. The predicted octanol–water partition coefficient (Wildman–Crippen LogP) is 4.98. The third-order valence-corrected chi connectivity index (χ3v) is 5.56. The average Bonchev–Trinajstić information content (AvgIpc) is 2.99. The summed E-state index contributed by atoms with van der Waals surface area (Å²) < 4.78 is 13.3. The molecule has 5 heteroatoms. The molecule has 0 unspecified atom stereocenters. The first-order valence-electron chi connectivity index (χ1n) is 8.35. The van der Waals surface area contributed by atoms with E-state index in [9.17, 15) is 4.39 Å². The lowest BCUT2D eigenvalue weighted by atomic mass is 9.91. The Labute approximate surface area is 145 Å². The summed E-state index contributed by atoms with van der Waals surface area (Å²) in [6.45, 7) is 6.65. The van der Waals surface area contributed by atoms with E-state index in [2.05, 4.69) is 34.1 Å². The molecule has 1 aromatic carbocycles. The van der Waals surface area contributed by atoms with Crippen molar-refractivity contribution >= 4 is 27.4 Å². The summed E-state index contributed by atoms with van der Waals surface area (Å²) in [5, 5.41) is 3.20. The van der Waals surface area contributed by atoms with Gasteiger partial charge in [0.2, 0.25) is 0 Å². The van der Waals surface area contributed by atoms with Crippen LogP contribution in [0.3, 0.4) is 0 Å². The van der Waals surface area contributed by atoms with Crippen molar-refractivity contribution in [2.45, 2.75) is 20.3 Å². The number of benzene rings is 1. The number of nitrogens with zero attached hydrogens (tertiary/aromatic N) is 3. The zero-order valence-electron chi connectivity index (χ0n) is 13.9. The molecule has 2 aromatic heterocycles. The first kappa shape index (κ1) is 15.5. The Morgan fingerprint density at radius 3 is 2.50 bits per heavy atom. The Morgan fingerprint density at radius 1 is 1.08 bits per heavy atom. The van der Waals surface area contributed by atoms with Crippen molar-refractivity contribution in [3.8, 4) is 11.1 Å². The molecule has 1 saturated heterocycles. The molecule has 0 bridgehead atoms. The Bertz CT molecular complexity index is 849. The number of piperidine rings is 1. The minimum Gasteiger partial charge on any atom is -0.355 e. The number of aromatic nitrogens is 2. The number of hydrogen-bond acceptors (Lipinski definition) is 4. The van der Waals surface area contributed by atoms with Gasteiger partial charge in [0.15, 0.2) is 0 Å². The summed E-state index contributed by atoms with van der Waals surface area (Å²) in [5.74, 6) is 2.12. The smallest absolute Gasteiger partial charge is 0.141 e. The third-order valence-electron chi connectivity index (χ3n) is 4.67. The molecule has 4 rings (SSSR count). The van der Waals surface area contributed by atoms with Gasteiger partial charge in [-0.05, 0) is 36.0 Å². The van der Waals surface area contributed by atoms with Gasteiger partial charge in [0, 0.05) is 24.0 Å². The fourth-order valence-corrected chi connectivity index (χ4v) is 4.69. The Hall–Kier alpha value is -2.01. The Morgan fingerprint density at radius 2 is 1.79 bits per heavy atom. The number of thiophene rings is 1. The van der Waals surface area contributed by atoms with E-state index in [1.807, 2.05) is 12.1 Å². The quantitative estimate of drug-likeness (QED) is 0.658. The van der Waals surface area contributed by atoms with Crippen LogP contribution in [0, 0.1) is 17.7 Å². The van der Waals surface area contributed by atoms with Crippen molar-refractivity contribution in [2.24, 2.45) is 11.8 Å². The van der Waals surface area contributed by atoms with Gasteiger partial charge in [0.25, 0.3) is 0 Å². The molecule has 3 nitrogen and oxygen atoms in total. The maximum atomic E-state index is 13.3. The summed E-state index contributed by atoms with van der Waals surface area (Å²) in [5.41, 5.74) is 2.10. The van der Waals surface area contributed by atoms with Crippen LogP contribution >= 0.6 is 11.3 Å². The molecule has 3 heterocycles. The average molecular weight is 341 g/mol. The van der Waals surface area contributed by atoms with Gasteiger partial charge in [-0.2, -0.15) is 0 Å². The lowest BCUT2D eigenvalue weighted by Gasteiger charge is -2.36. The molecule has 124 valence electrons. The molecule has 1 aliphatic heterocycles. The van der Waals surface area contributed by atoms with Crippen LogP contribution in [0.5, 0.6) is 0 Å². The number of rotatable bonds is 2. The van der Waals surface area contributed by atoms with Crippen LogP contribution in [-0.4, -0.2) is 23.1 Å². The molecular formula is C19H20FN3S. The molecule has 0 radical (unpaired) electrons. The van der Waals surface area contributed by atoms with Crippen LogP contribution in [0.4, 0.5) is 10.2 Å². The van der Waals surface area contributed by atoms with E-state index in [1.165, 1.54) is 18.6 Å². The number of hydrogen-bond donors (Lipinski definition) is 0. The standard InChI is InChI=1S/C19H20FN3S/c1-12-7-13(2)9-23(8-12)18-17-16(10-24-19(17)22-11-21-18)14-3-5-15(20)6-4-14/h3-6,10-13H,7-9H2,1-2H3/t12-,13+. The Balaban J connectivity index is 1.84. The van der Waals surface area contributed by atoms with Crippen molar-refractivity contribution < 1.29 is 4.39 Å². The lowest BCUT2D eigenvalue weighted by Crippen LogP contribution is -2.39. The summed E-state index contributed by atoms with van der Waals surface area (Å²) in [6, 6.07) is 6.67. The molecule has 0 spiro atoms. The molecule has 0 aliphatic carbocycles.